The molecule has 2 aromatic heterocycles. The highest BCUT2D eigenvalue weighted by Gasteiger charge is 2.41. The number of fused-ring (bicyclic) bond motifs is 1. The van der Waals surface area contributed by atoms with Gasteiger partial charge >= 0.3 is 0 Å². The topological polar surface area (TPSA) is 45.8 Å². The average Bonchev–Trinajstić information content (AvgIpc) is 3.18. The van der Waals surface area contributed by atoms with E-state index < -0.39 is 0 Å². The van der Waals surface area contributed by atoms with E-state index in [1.165, 1.54) is 5.56 Å². The van der Waals surface area contributed by atoms with Crippen molar-refractivity contribution in [2.24, 2.45) is 0 Å². The van der Waals surface area contributed by atoms with Crippen molar-refractivity contribution in [1.82, 2.24) is 9.97 Å². The number of thiophene rings is 1. The van der Waals surface area contributed by atoms with E-state index in [0.717, 1.165) is 28.0 Å². The summed E-state index contributed by atoms with van der Waals surface area (Å²) in [5, 5.41) is 2.74. The number of benzene rings is 1. The quantitative estimate of drug-likeness (QED) is 0.781. The average molecular weight is 282 g/mol. The molecule has 1 fully saturated rings. The molecule has 100 valence electrons. The molecule has 0 unspecified atom stereocenters. The molecule has 20 heavy (non-hydrogen) atoms. The number of rotatable bonds is 2. The summed E-state index contributed by atoms with van der Waals surface area (Å²) in [4.78, 5) is 20.7. The van der Waals surface area contributed by atoms with E-state index in [2.05, 4.69) is 34.2 Å². The van der Waals surface area contributed by atoms with Crippen molar-refractivity contribution in [1.29, 1.82) is 0 Å². The van der Waals surface area contributed by atoms with Crippen molar-refractivity contribution in [3.8, 4) is 0 Å². The van der Waals surface area contributed by atoms with Crippen LogP contribution in [0, 0.1) is 6.92 Å². The Morgan fingerprint density at radius 3 is 2.85 bits per heavy atom. The molecule has 0 amide bonds. The summed E-state index contributed by atoms with van der Waals surface area (Å²) in [5.74, 6) is 1.70. The number of aromatic amines is 1. The van der Waals surface area contributed by atoms with Gasteiger partial charge in [0.25, 0.3) is 5.56 Å². The van der Waals surface area contributed by atoms with Crippen LogP contribution in [0.1, 0.15) is 35.2 Å². The van der Waals surface area contributed by atoms with Gasteiger partial charge in [-0.3, -0.25) is 4.79 Å². The Kier molecular flexibility index (Phi) is 2.54. The lowest BCUT2D eigenvalue weighted by Crippen LogP contribution is -2.11. The van der Waals surface area contributed by atoms with Crippen molar-refractivity contribution in [3.05, 3.63) is 63.0 Å². The smallest absolute Gasteiger partial charge is 0.259 e. The first kappa shape index (κ1) is 11.9. The molecule has 0 saturated heterocycles. The first-order valence-corrected chi connectivity index (χ1v) is 7.65. The highest BCUT2D eigenvalue weighted by molar-refractivity contribution is 7.16. The summed E-state index contributed by atoms with van der Waals surface area (Å²) in [6.07, 6.45) is 1.07. The molecule has 2 atom stereocenters. The lowest BCUT2D eigenvalue weighted by atomic mass is 10.1. The molecule has 0 spiro atoms. The van der Waals surface area contributed by atoms with E-state index in [9.17, 15) is 4.79 Å². The van der Waals surface area contributed by atoms with E-state index >= 15 is 0 Å². The van der Waals surface area contributed by atoms with Gasteiger partial charge in [-0.25, -0.2) is 4.98 Å². The summed E-state index contributed by atoms with van der Waals surface area (Å²) in [6, 6.07) is 10.5. The van der Waals surface area contributed by atoms with Crippen LogP contribution in [-0.2, 0) is 0 Å². The van der Waals surface area contributed by atoms with Gasteiger partial charge in [-0.15, -0.1) is 11.3 Å². The normalized spacial score (nSPS) is 21.2. The molecular weight excluding hydrogens is 268 g/mol. The maximum absolute atomic E-state index is 12.2. The zero-order valence-corrected chi connectivity index (χ0v) is 11.9. The lowest BCUT2D eigenvalue weighted by molar-refractivity contribution is 0.900. The molecule has 0 bridgehead atoms. The van der Waals surface area contributed by atoms with E-state index in [1.54, 1.807) is 11.3 Å². The maximum Gasteiger partial charge on any atom is 0.259 e. The van der Waals surface area contributed by atoms with Crippen molar-refractivity contribution < 1.29 is 0 Å². The molecule has 1 aliphatic rings. The molecule has 0 aliphatic heterocycles. The zero-order valence-electron chi connectivity index (χ0n) is 11.1. The number of nitrogens with zero attached hydrogens (tertiary/aromatic N) is 1. The molecule has 3 nitrogen and oxygen atoms in total. The summed E-state index contributed by atoms with van der Waals surface area (Å²) >= 11 is 1.55. The second-order valence-electron chi connectivity index (χ2n) is 5.41. The minimum absolute atomic E-state index is 0.00228. The van der Waals surface area contributed by atoms with Crippen molar-refractivity contribution in [3.63, 3.8) is 0 Å². The van der Waals surface area contributed by atoms with Gasteiger partial charge in [-0.05, 0) is 35.8 Å². The highest BCUT2D eigenvalue weighted by Crippen LogP contribution is 2.53. The van der Waals surface area contributed by atoms with Gasteiger partial charge < -0.3 is 4.98 Å². The summed E-state index contributed by atoms with van der Waals surface area (Å²) in [5.41, 5.74) is 2.35. The Balaban J connectivity index is 1.73. The summed E-state index contributed by atoms with van der Waals surface area (Å²) in [6.45, 7) is 1.96. The molecule has 2 heterocycles. The van der Waals surface area contributed by atoms with Gasteiger partial charge in [0.05, 0.1) is 5.39 Å². The Bertz CT molecular complexity index is 835. The van der Waals surface area contributed by atoms with Crippen LogP contribution in [0.5, 0.6) is 0 Å². The van der Waals surface area contributed by atoms with Crippen LogP contribution in [0.15, 0.2) is 40.5 Å². The van der Waals surface area contributed by atoms with Gasteiger partial charge in [0.1, 0.15) is 10.7 Å². The Labute approximate surface area is 120 Å². The predicted molar refractivity (Wildman–Crippen MR) is 81.5 cm³/mol. The minimum atomic E-state index is 0.00228. The van der Waals surface area contributed by atoms with Crippen LogP contribution in [-0.4, -0.2) is 9.97 Å². The van der Waals surface area contributed by atoms with Crippen LogP contribution in [0.3, 0.4) is 0 Å². The predicted octanol–water partition coefficient (Wildman–Crippen LogP) is 3.56. The summed E-state index contributed by atoms with van der Waals surface area (Å²) < 4.78 is 0. The molecular formula is C16H14N2OS. The molecule has 1 aromatic carbocycles. The third-order valence-electron chi connectivity index (χ3n) is 4.02. The van der Waals surface area contributed by atoms with E-state index in [4.69, 9.17) is 0 Å². The molecule has 1 aliphatic carbocycles. The van der Waals surface area contributed by atoms with E-state index in [0.29, 0.717) is 11.8 Å². The fraction of sp³-hybridized carbons (Fsp3) is 0.250. The van der Waals surface area contributed by atoms with Gasteiger partial charge in [0.2, 0.25) is 0 Å². The molecule has 1 N–H and O–H groups in total. The first-order valence-electron chi connectivity index (χ1n) is 6.77. The third-order valence-corrected chi connectivity index (χ3v) is 5.01. The van der Waals surface area contributed by atoms with Gasteiger partial charge in [0.15, 0.2) is 0 Å². The lowest BCUT2D eigenvalue weighted by Gasteiger charge is -2.01. The van der Waals surface area contributed by atoms with Gasteiger partial charge in [-0.2, -0.15) is 0 Å². The number of aromatic nitrogens is 2. The van der Waals surface area contributed by atoms with Crippen LogP contribution in [0.4, 0.5) is 0 Å². The fourth-order valence-corrected chi connectivity index (χ4v) is 3.78. The Hall–Kier alpha value is -1.94. The van der Waals surface area contributed by atoms with Gasteiger partial charge in [0, 0.05) is 5.92 Å². The molecule has 4 heteroatoms. The van der Waals surface area contributed by atoms with Crippen molar-refractivity contribution in [2.45, 2.75) is 25.2 Å². The third kappa shape index (κ3) is 1.79. The fourth-order valence-electron chi connectivity index (χ4n) is 2.85. The number of nitrogens with one attached hydrogen (secondary N) is 1. The standard InChI is InChI=1S/C16H14N2OS/c1-9-8-20-16-13(9)15(19)17-14(18-16)12-7-11(12)10-5-3-2-4-6-10/h2-6,8,11-12H,7H2,1H3,(H,17,18,19)/t11-,12+/m0/s1. The summed E-state index contributed by atoms with van der Waals surface area (Å²) in [7, 11) is 0. The van der Waals surface area contributed by atoms with Crippen molar-refractivity contribution in [2.75, 3.05) is 0 Å². The number of hydrogen-bond acceptors (Lipinski definition) is 3. The minimum Gasteiger partial charge on any atom is -0.310 e. The van der Waals surface area contributed by atoms with Crippen LogP contribution in [0.2, 0.25) is 0 Å². The molecule has 3 aromatic rings. The largest absolute Gasteiger partial charge is 0.310 e. The Morgan fingerprint density at radius 1 is 1.25 bits per heavy atom. The number of aryl methyl sites for hydroxylation is 1. The SMILES string of the molecule is Cc1csc2nc([C@@H]3C[C@H]3c3ccccc3)[nH]c(=O)c12. The zero-order chi connectivity index (χ0) is 13.7. The monoisotopic (exact) mass is 282 g/mol. The van der Waals surface area contributed by atoms with E-state index in [1.807, 2.05) is 18.4 Å². The second kappa shape index (κ2) is 4.28. The highest BCUT2D eigenvalue weighted by atomic mass is 32.1. The molecule has 1 saturated carbocycles. The van der Waals surface area contributed by atoms with Crippen molar-refractivity contribution >= 4 is 21.6 Å². The van der Waals surface area contributed by atoms with Crippen LogP contribution in [0.25, 0.3) is 10.2 Å². The number of hydrogen-bond donors (Lipinski definition) is 1. The second-order valence-corrected chi connectivity index (χ2v) is 6.27. The Morgan fingerprint density at radius 2 is 2.05 bits per heavy atom. The number of H-pyrrole nitrogens is 1. The first-order chi connectivity index (χ1) is 9.74. The molecule has 4 rings (SSSR count). The molecule has 0 radical (unpaired) electrons. The van der Waals surface area contributed by atoms with Crippen LogP contribution < -0.4 is 5.56 Å². The van der Waals surface area contributed by atoms with E-state index in [-0.39, 0.29) is 5.56 Å². The van der Waals surface area contributed by atoms with Gasteiger partial charge in [-0.1, -0.05) is 30.3 Å². The maximum atomic E-state index is 12.2. The van der Waals surface area contributed by atoms with Crippen LogP contribution >= 0.6 is 11.3 Å².